The number of methoxy groups -OCH3 is 1. The molecule has 0 radical (unpaired) electrons. The van der Waals surface area contributed by atoms with E-state index in [4.69, 9.17) is 19.6 Å². The van der Waals surface area contributed by atoms with Crippen molar-refractivity contribution in [2.45, 2.75) is 20.0 Å². The number of hydrazone groups is 1. The quantitative estimate of drug-likeness (QED) is 0.816. The molecule has 0 unspecified atom stereocenters. The van der Waals surface area contributed by atoms with E-state index in [1.165, 1.54) is 11.8 Å². The van der Waals surface area contributed by atoms with Gasteiger partial charge < -0.3 is 9.47 Å². The molecule has 0 aromatic heterocycles. The van der Waals surface area contributed by atoms with Gasteiger partial charge in [-0.15, -0.1) is 5.10 Å². The molecular weight excluding hydrogens is 388 g/mol. The number of rotatable bonds is 5. The molecule has 0 saturated carbocycles. The molecule has 1 atom stereocenters. The SMILES string of the molecule is CCOc1cccc([C@@H]2N=c3ccccc3=C3C(=O)NC(SCC)=NN32)c1OC. The van der Waals surface area contributed by atoms with Crippen molar-refractivity contribution in [1.82, 2.24) is 10.3 Å². The van der Waals surface area contributed by atoms with Crippen LogP contribution in [0.25, 0.3) is 5.70 Å². The van der Waals surface area contributed by atoms with E-state index in [-0.39, 0.29) is 5.91 Å². The van der Waals surface area contributed by atoms with E-state index in [1.807, 2.05) is 56.3 Å². The number of nitrogens with one attached hydrogen (secondary N) is 1. The van der Waals surface area contributed by atoms with Crippen molar-refractivity contribution in [3.05, 3.63) is 58.6 Å². The topological polar surface area (TPSA) is 75.5 Å². The molecule has 2 aromatic rings. The van der Waals surface area contributed by atoms with Gasteiger partial charge in [0.1, 0.15) is 5.70 Å². The van der Waals surface area contributed by atoms with E-state index in [9.17, 15) is 4.79 Å². The fourth-order valence-electron chi connectivity index (χ4n) is 3.46. The average Bonchev–Trinajstić information content (AvgIpc) is 2.73. The molecule has 0 fully saturated rings. The third kappa shape index (κ3) is 3.44. The molecule has 2 heterocycles. The summed E-state index contributed by atoms with van der Waals surface area (Å²) >= 11 is 1.48. The van der Waals surface area contributed by atoms with Gasteiger partial charge in [-0.2, -0.15) is 0 Å². The van der Waals surface area contributed by atoms with Crippen LogP contribution in [0.3, 0.4) is 0 Å². The van der Waals surface area contributed by atoms with Crippen LogP contribution >= 0.6 is 11.8 Å². The van der Waals surface area contributed by atoms with Crippen LogP contribution in [0.1, 0.15) is 25.6 Å². The fourth-order valence-corrected chi connectivity index (χ4v) is 4.04. The normalized spacial score (nSPS) is 17.6. The first-order valence-electron chi connectivity index (χ1n) is 9.46. The Morgan fingerprint density at radius 1 is 1.17 bits per heavy atom. The predicted molar refractivity (Wildman–Crippen MR) is 113 cm³/mol. The maximum Gasteiger partial charge on any atom is 0.276 e. The summed E-state index contributed by atoms with van der Waals surface area (Å²) in [5.74, 6) is 1.83. The molecule has 2 aliphatic heterocycles. The predicted octanol–water partition coefficient (Wildman–Crippen LogP) is 1.99. The minimum absolute atomic E-state index is 0.191. The van der Waals surface area contributed by atoms with Gasteiger partial charge in [-0.3, -0.25) is 15.1 Å². The maximum atomic E-state index is 13.0. The minimum Gasteiger partial charge on any atom is -0.492 e. The molecule has 0 saturated heterocycles. The first kappa shape index (κ1) is 19.3. The number of nitrogens with zero attached hydrogens (tertiary/aromatic N) is 3. The number of amides is 1. The third-order valence-electron chi connectivity index (χ3n) is 4.59. The second kappa shape index (κ2) is 8.16. The van der Waals surface area contributed by atoms with Gasteiger partial charge in [-0.1, -0.05) is 49.0 Å². The molecular formula is C21H22N4O3S. The number of fused-ring (bicyclic) bond motifs is 2. The van der Waals surface area contributed by atoms with Crippen LogP contribution in [0.4, 0.5) is 0 Å². The molecule has 7 nitrogen and oxygen atoms in total. The Morgan fingerprint density at radius 2 is 2.00 bits per heavy atom. The highest BCUT2D eigenvalue weighted by molar-refractivity contribution is 8.13. The third-order valence-corrected chi connectivity index (χ3v) is 5.33. The van der Waals surface area contributed by atoms with E-state index in [0.29, 0.717) is 29.0 Å². The zero-order chi connectivity index (χ0) is 20.4. The van der Waals surface area contributed by atoms with E-state index < -0.39 is 6.17 Å². The molecule has 8 heteroatoms. The van der Waals surface area contributed by atoms with Crippen molar-refractivity contribution in [2.24, 2.45) is 10.1 Å². The van der Waals surface area contributed by atoms with E-state index in [1.54, 1.807) is 12.1 Å². The molecule has 150 valence electrons. The van der Waals surface area contributed by atoms with Crippen LogP contribution in [0.15, 0.2) is 52.6 Å². The van der Waals surface area contributed by atoms with Crippen molar-refractivity contribution in [3.8, 4) is 11.5 Å². The van der Waals surface area contributed by atoms with Gasteiger partial charge in [0.25, 0.3) is 5.91 Å². The highest BCUT2D eigenvalue weighted by atomic mass is 32.2. The number of amidine groups is 1. The zero-order valence-electron chi connectivity index (χ0n) is 16.5. The molecule has 2 aromatic carbocycles. The van der Waals surface area contributed by atoms with Gasteiger partial charge in [-0.05, 0) is 24.8 Å². The van der Waals surface area contributed by atoms with Crippen LogP contribution in [0.5, 0.6) is 11.5 Å². The van der Waals surface area contributed by atoms with Crippen molar-refractivity contribution in [2.75, 3.05) is 19.5 Å². The molecule has 0 aliphatic carbocycles. The molecule has 2 aliphatic rings. The number of hydrogen-bond donors (Lipinski definition) is 1. The monoisotopic (exact) mass is 410 g/mol. The minimum atomic E-state index is -0.547. The maximum absolute atomic E-state index is 13.0. The smallest absolute Gasteiger partial charge is 0.276 e. The van der Waals surface area contributed by atoms with E-state index in [2.05, 4.69) is 5.32 Å². The van der Waals surface area contributed by atoms with Gasteiger partial charge in [0.15, 0.2) is 22.8 Å². The number of carbonyl (C=O) groups excluding carboxylic acids is 1. The molecule has 0 spiro atoms. The summed E-state index contributed by atoms with van der Waals surface area (Å²) < 4.78 is 11.4. The lowest BCUT2D eigenvalue weighted by molar-refractivity contribution is -0.116. The van der Waals surface area contributed by atoms with Crippen molar-refractivity contribution in [1.29, 1.82) is 0 Å². The van der Waals surface area contributed by atoms with Crippen LogP contribution in [-0.2, 0) is 4.79 Å². The van der Waals surface area contributed by atoms with Gasteiger partial charge in [0, 0.05) is 10.8 Å². The number of para-hydroxylation sites is 2. The average molecular weight is 410 g/mol. The van der Waals surface area contributed by atoms with Gasteiger partial charge in [0.2, 0.25) is 0 Å². The number of carbonyl (C=O) groups is 1. The van der Waals surface area contributed by atoms with E-state index in [0.717, 1.165) is 21.9 Å². The lowest BCUT2D eigenvalue weighted by atomic mass is 10.1. The summed E-state index contributed by atoms with van der Waals surface area (Å²) in [6.07, 6.45) is -0.547. The number of thioether (sulfide) groups is 1. The Hall–Kier alpha value is -3.00. The Morgan fingerprint density at radius 3 is 2.76 bits per heavy atom. The summed E-state index contributed by atoms with van der Waals surface area (Å²) in [7, 11) is 1.60. The van der Waals surface area contributed by atoms with Crippen molar-refractivity contribution in [3.63, 3.8) is 0 Å². The molecule has 4 rings (SSSR count). The highest BCUT2D eigenvalue weighted by Crippen LogP contribution is 2.40. The van der Waals surface area contributed by atoms with Crippen molar-refractivity contribution < 1.29 is 14.3 Å². The standard InChI is InChI=1S/C21H22N4O3S/c1-4-28-16-12-8-10-14(18(16)27-3)19-22-15-11-7-6-9-13(15)17-20(26)23-21(29-5-2)24-25(17)19/h6-12,19H,4-5H2,1-3H3,(H,23,24,26)/t19-/m1/s1. The Balaban J connectivity index is 1.95. The summed E-state index contributed by atoms with van der Waals surface area (Å²) in [5, 5.41) is 11.3. The molecule has 1 amide bonds. The Labute approximate surface area is 173 Å². The lowest BCUT2D eigenvalue weighted by Gasteiger charge is -2.34. The highest BCUT2D eigenvalue weighted by Gasteiger charge is 2.36. The van der Waals surface area contributed by atoms with Gasteiger partial charge in [0.05, 0.1) is 19.1 Å². The Bertz CT molecular complexity index is 1100. The second-order valence-corrected chi connectivity index (χ2v) is 7.57. The van der Waals surface area contributed by atoms with Crippen LogP contribution in [0.2, 0.25) is 0 Å². The second-order valence-electron chi connectivity index (χ2n) is 6.32. The van der Waals surface area contributed by atoms with E-state index >= 15 is 0 Å². The zero-order valence-corrected chi connectivity index (χ0v) is 17.3. The van der Waals surface area contributed by atoms with Gasteiger partial charge >= 0.3 is 0 Å². The first-order valence-corrected chi connectivity index (χ1v) is 10.4. The lowest BCUT2D eigenvalue weighted by Crippen LogP contribution is -2.50. The number of ether oxygens (including phenoxy) is 2. The van der Waals surface area contributed by atoms with Gasteiger partial charge in [-0.25, -0.2) is 5.01 Å². The fraction of sp³-hybridized carbons (Fsp3) is 0.286. The Kier molecular flexibility index (Phi) is 5.44. The summed E-state index contributed by atoms with van der Waals surface area (Å²) in [4.78, 5) is 17.9. The largest absolute Gasteiger partial charge is 0.492 e. The first-order chi connectivity index (χ1) is 14.2. The molecule has 29 heavy (non-hydrogen) atoms. The molecule has 1 N–H and O–H groups in total. The van der Waals surface area contributed by atoms with Crippen molar-refractivity contribution >= 4 is 28.5 Å². The summed E-state index contributed by atoms with van der Waals surface area (Å²) in [5.41, 5.74) is 1.26. The number of hydrogen-bond acceptors (Lipinski definition) is 7. The number of benzene rings is 2. The van der Waals surface area contributed by atoms with Crippen LogP contribution in [0, 0.1) is 0 Å². The summed E-state index contributed by atoms with van der Waals surface area (Å²) in [6.45, 7) is 4.46. The molecule has 0 bridgehead atoms. The van der Waals surface area contributed by atoms with Crippen LogP contribution < -0.4 is 25.4 Å². The van der Waals surface area contributed by atoms with Crippen LogP contribution in [-0.4, -0.2) is 35.6 Å². The summed E-state index contributed by atoms with van der Waals surface area (Å²) in [6, 6.07) is 13.3.